The molecule has 0 aliphatic carbocycles. The minimum absolute atomic E-state index is 0.0332. The molecule has 0 spiro atoms. The van der Waals surface area contributed by atoms with Gasteiger partial charge in [-0.1, -0.05) is 47.5 Å². The third-order valence-electron chi connectivity index (χ3n) is 12.6. The zero-order valence-electron chi connectivity index (χ0n) is 46.0. The summed E-state index contributed by atoms with van der Waals surface area (Å²) in [6.07, 6.45) is 4.62. The minimum Gasteiger partial charge on any atom is -0.379 e. The summed E-state index contributed by atoms with van der Waals surface area (Å²) in [5.41, 5.74) is 1.87. The lowest BCUT2D eigenvalue weighted by Gasteiger charge is -2.17. The number of carbonyl (C=O) groups excluding carboxylic acids is 8. The molecule has 3 aromatic rings. The molecule has 442 valence electrons. The van der Waals surface area contributed by atoms with E-state index in [1.807, 2.05) is 0 Å². The van der Waals surface area contributed by atoms with E-state index >= 15 is 0 Å². The van der Waals surface area contributed by atoms with Crippen molar-refractivity contribution in [3.05, 3.63) is 95.1 Å². The Balaban J connectivity index is 1.21. The standard InChI is InChI=1S/C55H79N7O16S2/c1-41-13-21-47(22-14-41)79(74,75)39-46(40-80(76,77)48-23-15-42(2)16-24-48)54(69)44-17-19-45(20-18-44)55(70)59-33-38-78-37-29-51(66)58-32-9-6-12-36-62(73)53(68)28-26-50(65)57-31-8-5-11-35-61(72)52(67)27-25-49(64)56-30-7-4-10-34-60(71)43(3)63/h13-24,46,71-73H,4-12,25-40H2,1-3H3,(H,56,64)(H,57,65)(H,58,66)(H,59,70). The van der Waals surface area contributed by atoms with E-state index in [4.69, 9.17) is 4.74 Å². The zero-order valence-corrected chi connectivity index (χ0v) is 47.6. The van der Waals surface area contributed by atoms with Crippen molar-refractivity contribution in [1.82, 2.24) is 36.5 Å². The molecule has 0 aliphatic rings. The summed E-state index contributed by atoms with van der Waals surface area (Å²) in [4.78, 5) is 98.5. The van der Waals surface area contributed by atoms with E-state index in [9.17, 15) is 70.8 Å². The number of hydroxylamine groups is 6. The number of hydrogen-bond acceptors (Lipinski definition) is 16. The van der Waals surface area contributed by atoms with Crippen LogP contribution in [0.4, 0.5) is 0 Å². The van der Waals surface area contributed by atoms with Crippen molar-refractivity contribution in [2.45, 2.75) is 120 Å². The van der Waals surface area contributed by atoms with Crippen molar-refractivity contribution in [3.8, 4) is 0 Å². The number of nitrogens with one attached hydrogen (secondary N) is 4. The molecule has 3 rings (SSSR count). The van der Waals surface area contributed by atoms with Gasteiger partial charge in [0.05, 0.1) is 40.4 Å². The molecule has 7 N–H and O–H groups in total. The maximum absolute atomic E-state index is 13.8. The first-order valence-electron chi connectivity index (χ1n) is 26.8. The number of nitrogens with zero attached hydrogens (tertiary/aromatic N) is 3. The van der Waals surface area contributed by atoms with E-state index in [-0.39, 0.29) is 110 Å². The van der Waals surface area contributed by atoms with Crippen molar-refractivity contribution in [1.29, 1.82) is 0 Å². The summed E-state index contributed by atoms with van der Waals surface area (Å²) in [6, 6.07) is 17.5. The van der Waals surface area contributed by atoms with Gasteiger partial charge in [0, 0.05) is 96.0 Å². The van der Waals surface area contributed by atoms with Crippen molar-refractivity contribution in [2.75, 3.05) is 70.5 Å². The van der Waals surface area contributed by atoms with Gasteiger partial charge in [0.25, 0.3) is 5.91 Å². The van der Waals surface area contributed by atoms with Crippen molar-refractivity contribution in [2.24, 2.45) is 5.92 Å². The normalized spacial score (nSPS) is 11.4. The van der Waals surface area contributed by atoms with Gasteiger partial charge in [0.2, 0.25) is 35.4 Å². The molecule has 0 radical (unpaired) electrons. The van der Waals surface area contributed by atoms with E-state index < -0.39 is 66.5 Å². The SMILES string of the molecule is CC(=O)N(O)CCCCCNC(=O)CCC(=O)N(O)CCCCCNC(=O)CCC(=O)N(O)CCCCCNC(=O)CCOCCNC(=O)c1ccc(C(=O)C(CS(=O)(=O)c2ccc(C)cc2)CS(=O)(=O)c2ccc(C)cc2)cc1. The molecule has 0 aromatic heterocycles. The number of unbranched alkanes of at least 4 members (excludes halogenated alkanes) is 6. The molecule has 0 saturated carbocycles. The van der Waals surface area contributed by atoms with Gasteiger partial charge in [-0.2, -0.15) is 0 Å². The van der Waals surface area contributed by atoms with Gasteiger partial charge >= 0.3 is 0 Å². The van der Waals surface area contributed by atoms with Gasteiger partial charge in [0.15, 0.2) is 25.5 Å². The molecule has 0 unspecified atom stereocenters. The lowest BCUT2D eigenvalue weighted by atomic mass is 9.99. The molecule has 3 aromatic carbocycles. The summed E-state index contributed by atoms with van der Waals surface area (Å²) in [6.45, 7) is 6.49. The number of ketones is 1. The van der Waals surface area contributed by atoms with Crippen LogP contribution in [0.5, 0.6) is 0 Å². The summed E-state index contributed by atoms with van der Waals surface area (Å²) in [7, 11) is -8.17. The van der Waals surface area contributed by atoms with Gasteiger partial charge in [-0.05, 0) is 108 Å². The third kappa shape index (κ3) is 26.5. The van der Waals surface area contributed by atoms with Gasteiger partial charge in [0.1, 0.15) is 0 Å². The van der Waals surface area contributed by atoms with E-state index in [0.29, 0.717) is 92.6 Å². The van der Waals surface area contributed by atoms with Crippen LogP contribution in [0.2, 0.25) is 0 Å². The Morgan fingerprint density at radius 3 is 1.26 bits per heavy atom. The lowest BCUT2D eigenvalue weighted by Crippen LogP contribution is -2.31. The molecule has 0 heterocycles. The highest BCUT2D eigenvalue weighted by atomic mass is 32.2. The Hall–Kier alpha value is -6.64. The number of ether oxygens (including phenoxy) is 1. The Kier molecular flexibility index (Phi) is 30.3. The van der Waals surface area contributed by atoms with E-state index in [0.717, 1.165) is 11.1 Å². The maximum atomic E-state index is 13.8. The fourth-order valence-corrected chi connectivity index (χ4v) is 11.0. The Morgan fingerprint density at radius 2 is 0.850 bits per heavy atom. The quantitative estimate of drug-likeness (QED) is 0.0181. The van der Waals surface area contributed by atoms with Gasteiger partial charge in [-0.3, -0.25) is 54.0 Å². The molecule has 7 amide bonds. The number of aryl methyl sites for hydroxylation is 2. The fraction of sp³-hybridized carbons (Fsp3) is 0.527. The number of Topliss-reactive ketones (excluding diaryl/α,β-unsaturated/α-hetero) is 1. The van der Waals surface area contributed by atoms with Crippen molar-refractivity contribution in [3.63, 3.8) is 0 Å². The van der Waals surface area contributed by atoms with E-state index in [2.05, 4.69) is 21.3 Å². The zero-order chi connectivity index (χ0) is 59.1. The summed E-state index contributed by atoms with van der Waals surface area (Å²) >= 11 is 0. The number of sulfone groups is 2. The largest absolute Gasteiger partial charge is 0.379 e. The Bertz CT molecular complexity index is 2630. The third-order valence-corrected chi connectivity index (χ3v) is 16.3. The van der Waals surface area contributed by atoms with Crippen LogP contribution in [0.3, 0.4) is 0 Å². The molecule has 0 saturated heterocycles. The van der Waals surface area contributed by atoms with Crippen LogP contribution in [0.1, 0.15) is 129 Å². The number of hydrogen-bond donors (Lipinski definition) is 7. The van der Waals surface area contributed by atoms with E-state index in [1.165, 1.54) is 55.5 Å². The number of benzene rings is 3. The summed E-state index contributed by atoms with van der Waals surface area (Å²) < 4.78 is 59.3. The summed E-state index contributed by atoms with van der Waals surface area (Å²) in [5, 5.41) is 42.0. The molecular formula is C55H79N7O16S2. The van der Waals surface area contributed by atoms with Crippen LogP contribution < -0.4 is 21.3 Å². The second-order valence-electron chi connectivity index (χ2n) is 19.4. The molecular weight excluding hydrogens is 1080 g/mol. The first kappa shape index (κ1) is 67.6. The van der Waals surface area contributed by atoms with Crippen molar-refractivity contribution >= 4 is 66.8 Å². The first-order chi connectivity index (χ1) is 38.0. The van der Waals surface area contributed by atoms with Gasteiger partial charge in [-0.15, -0.1) is 0 Å². The van der Waals surface area contributed by atoms with Gasteiger partial charge in [-0.25, -0.2) is 32.0 Å². The second kappa shape index (κ2) is 35.9. The van der Waals surface area contributed by atoms with Crippen LogP contribution in [0, 0.1) is 19.8 Å². The highest BCUT2D eigenvalue weighted by molar-refractivity contribution is 7.92. The predicted octanol–water partition coefficient (Wildman–Crippen LogP) is 4.28. The summed E-state index contributed by atoms with van der Waals surface area (Å²) in [5.74, 6) is -6.75. The van der Waals surface area contributed by atoms with Crippen molar-refractivity contribution < 1.29 is 75.6 Å². The first-order valence-corrected chi connectivity index (χ1v) is 30.1. The van der Waals surface area contributed by atoms with E-state index in [1.54, 1.807) is 38.1 Å². The molecule has 23 nitrogen and oxygen atoms in total. The van der Waals surface area contributed by atoms with Crippen LogP contribution in [0.25, 0.3) is 0 Å². The predicted molar refractivity (Wildman–Crippen MR) is 294 cm³/mol. The van der Waals surface area contributed by atoms with Crippen LogP contribution in [0.15, 0.2) is 82.6 Å². The molecule has 25 heteroatoms. The topological polar surface area (TPSA) is 333 Å². The second-order valence-corrected chi connectivity index (χ2v) is 23.4. The van der Waals surface area contributed by atoms with Gasteiger partial charge < -0.3 is 26.0 Å². The van der Waals surface area contributed by atoms with Crippen LogP contribution >= 0.6 is 0 Å². The molecule has 0 fully saturated rings. The van der Waals surface area contributed by atoms with Crippen LogP contribution in [-0.4, -0.2) is 165 Å². The number of rotatable bonds is 39. The average Bonchev–Trinajstić information content (AvgIpc) is 3.44. The maximum Gasteiger partial charge on any atom is 0.251 e. The lowest BCUT2D eigenvalue weighted by molar-refractivity contribution is -0.166. The Labute approximate surface area is 468 Å². The molecule has 0 aliphatic heterocycles. The highest BCUT2D eigenvalue weighted by Crippen LogP contribution is 2.23. The van der Waals surface area contributed by atoms with Crippen LogP contribution in [-0.2, 0) is 53.2 Å². The smallest absolute Gasteiger partial charge is 0.251 e. The fourth-order valence-electron chi connectivity index (χ4n) is 7.78. The molecule has 0 atom stereocenters. The molecule has 0 bridgehead atoms. The minimum atomic E-state index is -4.09. The number of carbonyl (C=O) groups is 8. The number of amides is 7. The monoisotopic (exact) mass is 1160 g/mol. The Morgan fingerprint density at radius 1 is 0.463 bits per heavy atom. The molecule has 80 heavy (non-hydrogen) atoms. The highest BCUT2D eigenvalue weighted by Gasteiger charge is 2.33. The average molecular weight is 1160 g/mol.